The molecule has 2 aromatic carbocycles. The summed E-state index contributed by atoms with van der Waals surface area (Å²) >= 11 is 0. The first kappa shape index (κ1) is 24.6. The maximum absolute atomic E-state index is 14.8. The lowest BCUT2D eigenvalue weighted by atomic mass is 10.1. The number of ether oxygens (including phenoxy) is 1. The number of hydrogen-bond acceptors (Lipinski definition) is 4. The Morgan fingerprint density at radius 2 is 1.91 bits per heavy atom. The van der Waals surface area contributed by atoms with Crippen molar-refractivity contribution < 1.29 is 27.5 Å². The standard InChI is InChI=1S/C25H29F3N2O3/c1-4-21(27)33-20-11-10-19(26)24(28)23(20)25(30-32-14-17-13-18(17)15(2)3)29-22(31)12-16-8-6-5-7-9-16/h5-11,15,17-18,21H,4,12-14H2,1-3H3,(H,29,30,31). The van der Waals surface area contributed by atoms with Crippen LogP contribution in [0.5, 0.6) is 5.75 Å². The second-order valence-corrected chi connectivity index (χ2v) is 8.52. The van der Waals surface area contributed by atoms with Gasteiger partial charge in [0.15, 0.2) is 17.5 Å². The fourth-order valence-corrected chi connectivity index (χ4v) is 3.64. The number of carbonyl (C=O) groups excluding carboxylic acids is 1. The highest BCUT2D eigenvalue weighted by molar-refractivity contribution is 6.09. The molecule has 0 aliphatic heterocycles. The summed E-state index contributed by atoms with van der Waals surface area (Å²) in [7, 11) is 0. The van der Waals surface area contributed by atoms with Crippen molar-refractivity contribution in [3.8, 4) is 5.75 Å². The van der Waals surface area contributed by atoms with Gasteiger partial charge in [0.1, 0.15) is 17.9 Å². The van der Waals surface area contributed by atoms with Crippen LogP contribution in [0, 0.1) is 29.4 Å². The van der Waals surface area contributed by atoms with Crippen LogP contribution in [0.3, 0.4) is 0 Å². The molecule has 1 amide bonds. The minimum atomic E-state index is -1.74. The molecule has 3 rings (SSSR count). The zero-order chi connectivity index (χ0) is 24.0. The number of halogens is 3. The van der Waals surface area contributed by atoms with Crippen molar-refractivity contribution in [2.24, 2.45) is 22.9 Å². The Labute approximate surface area is 192 Å². The van der Waals surface area contributed by atoms with E-state index in [-0.39, 0.29) is 31.0 Å². The highest BCUT2D eigenvalue weighted by atomic mass is 19.2. The highest BCUT2D eigenvalue weighted by Crippen LogP contribution is 2.44. The summed E-state index contributed by atoms with van der Waals surface area (Å²) in [6.07, 6.45) is -0.772. The van der Waals surface area contributed by atoms with Crippen LogP contribution in [-0.4, -0.2) is 24.7 Å². The highest BCUT2D eigenvalue weighted by Gasteiger charge is 2.39. The number of nitrogens with one attached hydrogen (secondary N) is 1. The molecule has 0 radical (unpaired) electrons. The molecule has 0 spiro atoms. The Kier molecular flexibility index (Phi) is 8.36. The van der Waals surface area contributed by atoms with Gasteiger partial charge in [-0.3, -0.25) is 4.79 Å². The van der Waals surface area contributed by atoms with Crippen molar-refractivity contribution >= 4 is 11.7 Å². The Morgan fingerprint density at radius 3 is 2.55 bits per heavy atom. The molecule has 8 heteroatoms. The zero-order valence-electron chi connectivity index (χ0n) is 19.0. The maximum Gasteiger partial charge on any atom is 0.238 e. The Morgan fingerprint density at radius 1 is 1.18 bits per heavy atom. The quantitative estimate of drug-likeness (QED) is 0.293. The van der Waals surface area contributed by atoms with E-state index in [0.717, 1.165) is 24.1 Å². The molecule has 1 aliphatic rings. The van der Waals surface area contributed by atoms with Crippen molar-refractivity contribution in [1.82, 2.24) is 5.32 Å². The normalized spacial score (nSPS) is 18.7. The number of hydrogen-bond donors (Lipinski definition) is 1. The number of alkyl halides is 1. The first-order valence-electron chi connectivity index (χ1n) is 11.1. The van der Waals surface area contributed by atoms with Crippen LogP contribution < -0.4 is 10.1 Å². The molecule has 1 fully saturated rings. The van der Waals surface area contributed by atoms with E-state index in [1.165, 1.54) is 0 Å². The fourth-order valence-electron chi connectivity index (χ4n) is 3.64. The van der Waals surface area contributed by atoms with E-state index < -0.39 is 29.5 Å². The average Bonchev–Trinajstić information content (AvgIpc) is 3.56. The zero-order valence-corrected chi connectivity index (χ0v) is 19.0. The van der Waals surface area contributed by atoms with E-state index in [4.69, 9.17) is 9.57 Å². The lowest BCUT2D eigenvalue weighted by Crippen LogP contribution is -2.34. The Bertz CT molecular complexity index is 982. The molecular formula is C25H29F3N2O3. The molecule has 33 heavy (non-hydrogen) atoms. The first-order valence-corrected chi connectivity index (χ1v) is 11.1. The maximum atomic E-state index is 14.8. The third kappa shape index (κ3) is 6.73. The van der Waals surface area contributed by atoms with Crippen molar-refractivity contribution in [2.45, 2.75) is 46.4 Å². The van der Waals surface area contributed by atoms with Gasteiger partial charge in [-0.05, 0) is 41.9 Å². The van der Waals surface area contributed by atoms with E-state index in [0.29, 0.717) is 17.8 Å². The summed E-state index contributed by atoms with van der Waals surface area (Å²) in [5.74, 6) is -2.34. The SMILES string of the molecule is CCC(F)Oc1ccc(F)c(F)c1/C(=N/OCC1CC1C(C)C)NC(=O)Cc1ccccc1. The van der Waals surface area contributed by atoms with Crippen molar-refractivity contribution in [3.63, 3.8) is 0 Å². The van der Waals surface area contributed by atoms with Gasteiger partial charge < -0.3 is 14.9 Å². The summed E-state index contributed by atoms with van der Waals surface area (Å²) < 4.78 is 48.0. The third-order valence-corrected chi connectivity index (χ3v) is 5.61. The van der Waals surface area contributed by atoms with Crippen molar-refractivity contribution in [3.05, 3.63) is 65.2 Å². The molecule has 0 saturated heterocycles. The van der Waals surface area contributed by atoms with E-state index >= 15 is 0 Å². The van der Waals surface area contributed by atoms with Gasteiger partial charge in [-0.25, -0.2) is 13.2 Å². The number of rotatable bonds is 10. The van der Waals surface area contributed by atoms with Gasteiger partial charge in [-0.1, -0.05) is 56.3 Å². The van der Waals surface area contributed by atoms with Crippen LogP contribution in [-0.2, 0) is 16.1 Å². The van der Waals surface area contributed by atoms with Gasteiger partial charge in [-0.15, -0.1) is 0 Å². The predicted molar refractivity (Wildman–Crippen MR) is 119 cm³/mol. The minimum absolute atomic E-state index is 0.0000482. The van der Waals surface area contributed by atoms with Gasteiger partial charge in [0.25, 0.3) is 0 Å². The topological polar surface area (TPSA) is 59.9 Å². The number of nitrogens with zero attached hydrogens (tertiary/aromatic N) is 1. The van der Waals surface area contributed by atoms with Crippen LogP contribution in [0.25, 0.3) is 0 Å². The summed E-state index contributed by atoms with van der Waals surface area (Å²) in [5.41, 5.74) is 0.225. The molecule has 0 aromatic heterocycles. The molecule has 3 atom stereocenters. The molecule has 5 nitrogen and oxygen atoms in total. The molecule has 1 N–H and O–H groups in total. The lowest BCUT2D eigenvalue weighted by molar-refractivity contribution is -0.119. The van der Waals surface area contributed by atoms with Gasteiger partial charge in [0.2, 0.25) is 12.3 Å². The second-order valence-electron chi connectivity index (χ2n) is 8.52. The van der Waals surface area contributed by atoms with Crippen LogP contribution >= 0.6 is 0 Å². The molecule has 178 valence electrons. The Hall–Kier alpha value is -3.03. The number of carbonyl (C=O) groups is 1. The number of amidine groups is 1. The average molecular weight is 463 g/mol. The van der Waals surface area contributed by atoms with Crippen LogP contribution in [0.1, 0.15) is 44.7 Å². The minimum Gasteiger partial charge on any atom is -0.460 e. The molecule has 0 bridgehead atoms. The number of amides is 1. The van der Waals surface area contributed by atoms with E-state index in [9.17, 15) is 18.0 Å². The third-order valence-electron chi connectivity index (χ3n) is 5.61. The summed E-state index contributed by atoms with van der Waals surface area (Å²) in [6.45, 7) is 6.06. The Balaban J connectivity index is 1.86. The number of benzene rings is 2. The summed E-state index contributed by atoms with van der Waals surface area (Å²) in [5, 5.41) is 6.41. The number of oxime groups is 1. The molecule has 0 heterocycles. The largest absolute Gasteiger partial charge is 0.460 e. The first-order chi connectivity index (χ1) is 15.8. The lowest BCUT2D eigenvalue weighted by Gasteiger charge is -2.17. The van der Waals surface area contributed by atoms with Gasteiger partial charge in [-0.2, -0.15) is 0 Å². The fraction of sp³-hybridized carbons (Fsp3) is 0.440. The molecule has 3 unspecified atom stereocenters. The predicted octanol–water partition coefficient (Wildman–Crippen LogP) is 5.38. The van der Waals surface area contributed by atoms with Gasteiger partial charge >= 0.3 is 0 Å². The van der Waals surface area contributed by atoms with Crippen LogP contribution in [0.15, 0.2) is 47.6 Å². The van der Waals surface area contributed by atoms with Gasteiger partial charge in [0, 0.05) is 6.42 Å². The second kappa shape index (κ2) is 11.2. The van der Waals surface area contributed by atoms with Crippen LogP contribution in [0.4, 0.5) is 13.2 Å². The summed E-state index contributed by atoms with van der Waals surface area (Å²) in [6, 6.07) is 10.8. The van der Waals surface area contributed by atoms with E-state index in [2.05, 4.69) is 24.3 Å². The van der Waals surface area contributed by atoms with E-state index in [1.54, 1.807) is 31.2 Å². The molecule has 1 saturated carbocycles. The summed E-state index contributed by atoms with van der Waals surface area (Å²) in [4.78, 5) is 18.1. The van der Waals surface area contributed by atoms with Crippen molar-refractivity contribution in [1.29, 1.82) is 0 Å². The van der Waals surface area contributed by atoms with Crippen LogP contribution in [0.2, 0.25) is 0 Å². The molecule has 1 aliphatic carbocycles. The smallest absolute Gasteiger partial charge is 0.238 e. The van der Waals surface area contributed by atoms with E-state index in [1.807, 2.05) is 6.07 Å². The molecule has 2 aromatic rings. The van der Waals surface area contributed by atoms with Crippen molar-refractivity contribution in [2.75, 3.05) is 6.61 Å². The van der Waals surface area contributed by atoms with Gasteiger partial charge in [0.05, 0.1) is 6.42 Å². The molecular weight excluding hydrogens is 433 g/mol. The monoisotopic (exact) mass is 462 g/mol.